The standard InChI is InChI=1S/C29H30N8/c1-15-2-9-21(34-15)28-31-13-25(37-28)20-8-7-19(26-27(20)33-14-32-26)16-3-5-17(6-4-16)24-12-30-29(36-24)23-11-18-10-22(18)35-23/h3-8,12-15,18,21-23,34-35H,2,9-11H2,1H3,(H,30,36)(H,31,37)(H,32,33)/t15-,18-,21+,22-,23+/m1/s1. The molecule has 0 amide bonds. The van der Waals surface area contributed by atoms with Crippen LogP contribution in [0.5, 0.6) is 0 Å². The molecule has 5 heterocycles. The van der Waals surface area contributed by atoms with E-state index in [9.17, 15) is 0 Å². The Morgan fingerprint density at radius 1 is 0.730 bits per heavy atom. The van der Waals surface area contributed by atoms with Gasteiger partial charge in [-0.1, -0.05) is 30.3 Å². The van der Waals surface area contributed by atoms with Gasteiger partial charge in [0.1, 0.15) is 11.6 Å². The van der Waals surface area contributed by atoms with E-state index >= 15 is 0 Å². The fraction of sp³-hybridized carbons (Fsp3) is 0.345. The van der Waals surface area contributed by atoms with E-state index in [-0.39, 0.29) is 0 Å². The summed E-state index contributed by atoms with van der Waals surface area (Å²) in [5.41, 5.74) is 8.53. The molecule has 0 radical (unpaired) electrons. The van der Waals surface area contributed by atoms with Crippen molar-refractivity contribution in [2.45, 2.75) is 56.8 Å². The lowest BCUT2D eigenvalue weighted by molar-refractivity contribution is 0.543. The summed E-state index contributed by atoms with van der Waals surface area (Å²) in [4.78, 5) is 24.5. The summed E-state index contributed by atoms with van der Waals surface area (Å²) in [6, 6.07) is 14.9. The molecule has 0 bridgehead atoms. The van der Waals surface area contributed by atoms with Crippen LogP contribution in [-0.2, 0) is 0 Å². The lowest BCUT2D eigenvalue weighted by atomic mass is 9.99. The van der Waals surface area contributed by atoms with E-state index in [0.717, 1.165) is 68.7 Å². The Hall–Kier alpha value is -3.75. The fourth-order valence-corrected chi connectivity index (χ4v) is 6.31. The molecule has 1 saturated carbocycles. The summed E-state index contributed by atoms with van der Waals surface area (Å²) >= 11 is 0. The number of nitrogens with one attached hydrogen (secondary N) is 5. The van der Waals surface area contributed by atoms with Gasteiger partial charge in [-0.15, -0.1) is 0 Å². The molecule has 8 rings (SSSR count). The van der Waals surface area contributed by atoms with Gasteiger partial charge in [0, 0.05) is 23.2 Å². The van der Waals surface area contributed by atoms with E-state index < -0.39 is 0 Å². The van der Waals surface area contributed by atoms with Crippen molar-refractivity contribution < 1.29 is 0 Å². The van der Waals surface area contributed by atoms with Crippen LogP contribution in [0.2, 0.25) is 0 Å². The zero-order valence-electron chi connectivity index (χ0n) is 20.8. The summed E-state index contributed by atoms with van der Waals surface area (Å²) in [5.74, 6) is 2.92. The quantitative estimate of drug-likeness (QED) is 0.231. The number of aromatic amines is 3. The average Bonchev–Trinajstić information content (AvgIpc) is 3.60. The van der Waals surface area contributed by atoms with Crippen LogP contribution in [0.1, 0.15) is 56.3 Å². The third-order valence-corrected chi connectivity index (χ3v) is 8.48. The molecular weight excluding hydrogens is 460 g/mol. The topological polar surface area (TPSA) is 110 Å². The first-order valence-corrected chi connectivity index (χ1v) is 13.4. The molecule has 3 aliphatic rings. The van der Waals surface area contributed by atoms with Crippen LogP contribution in [0.25, 0.3) is 44.7 Å². The summed E-state index contributed by atoms with van der Waals surface area (Å²) < 4.78 is 0. The van der Waals surface area contributed by atoms with Crippen molar-refractivity contribution in [2.24, 2.45) is 5.92 Å². The third kappa shape index (κ3) is 3.62. The number of H-pyrrole nitrogens is 3. The van der Waals surface area contributed by atoms with Crippen LogP contribution in [0.3, 0.4) is 0 Å². The van der Waals surface area contributed by atoms with Crippen LogP contribution < -0.4 is 10.6 Å². The Bertz CT molecular complexity index is 1580. The Morgan fingerprint density at radius 2 is 1.49 bits per heavy atom. The average molecular weight is 491 g/mol. The maximum absolute atomic E-state index is 4.68. The van der Waals surface area contributed by atoms with Crippen LogP contribution in [0.4, 0.5) is 0 Å². The van der Waals surface area contributed by atoms with Crippen molar-refractivity contribution in [1.29, 1.82) is 0 Å². The normalized spacial score (nSPS) is 26.7. The SMILES string of the molecule is C[C@@H]1CC[C@@H](c2ncc(-c3ccc(-c4ccc(-c5cnc([C@@H]6C[C@H]7C[C@H]7N6)[nH]5)cc4)c4[nH]cnc34)[nH]2)N1. The molecule has 3 aromatic heterocycles. The van der Waals surface area contributed by atoms with Crippen LogP contribution in [0, 0.1) is 5.92 Å². The number of hydrogen-bond acceptors (Lipinski definition) is 5. The van der Waals surface area contributed by atoms with Gasteiger partial charge in [-0.3, -0.25) is 0 Å². The minimum absolute atomic E-state index is 0.294. The van der Waals surface area contributed by atoms with Gasteiger partial charge in [0.2, 0.25) is 0 Å². The van der Waals surface area contributed by atoms with E-state index in [4.69, 9.17) is 0 Å². The van der Waals surface area contributed by atoms with Crippen LogP contribution in [0.15, 0.2) is 55.1 Å². The molecule has 8 heteroatoms. The molecule has 5 N–H and O–H groups in total. The van der Waals surface area contributed by atoms with E-state index in [2.05, 4.69) is 83.9 Å². The highest BCUT2D eigenvalue weighted by atomic mass is 15.1. The molecular formula is C29H30N8. The Kier molecular flexibility index (Phi) is 4.69. The van der Waals surface area contributed by atoms with Gasteiger partial charge in [0.25, 0.3) is 0 Å². The zero-order chi connectivity index (χ0) is 24.5. The van der Waals surface area contributed by atoms with E-state index in [0.29, 0.717) is 24.2 Å². The summed E-state index contributed by atoms with van der Waals surface area (Å²) in [6.07, 6.45) is 10.5. The first kappa shape index (κ1) is 21.3. The lowest BCUT2D eigenvalue weighted by Gasteiger charge is -2.10. The number of rotatable bonds is 5. The molecule has 5 atom stereocenters. The molecule has 8 nitrogen and oxygen atoms in total. The second-order valence-electron chi connectivity index (χ2n) is 11.0. The van der Waals surface area contributed by atoms with Gasteiger partial charge in [0.15, 0.2) is 0 Å². The Balaban J connectivity index is 1.07. The minimum atomic E-state index is 0.294. The van der Waals surface area contributed by atoms with Crippen molar-refractivity contribution >= 4 is 11.0 Å². The first-order valence-electron chi connectivity index (χ1n) is 13.4. The predicted molar refractivity (Wildman–Crippen MR) is 144 cm³/mol. The van der Waals surface area contributed by atoms with Gasteiger partial charge < -0.3 is 25.6 Å². The lowest BCUT2D eigenvalue weighted by Crippen LogP contribution is -2.21. The number of benzene rings is 2. The van der Waals surface area contributed by atoms with Crippen LogP contribution >= 0.6 is 0 Å². The van der Waals surface area contributed by atoms with Gasteiger partial charge in [-0.2, -0.15) is 0 Å². The molecule has 3 fully saturated rings. The largest absolute Gasteiger partial charge is 0.344 e. The zero-order valence-corrected chi connectivity index (χ0v) is 20.8. The maximum Gasteiger partial charge on any atom is 0.123 e. The van der Waals surface area contributed by atoms with Crippen molar-refractivity contribution in [3.8, 4) is 33.6 Å². The van der Waals surface area contributed by atoms with Crippen molar-refractivity contribution in [1.82, 2.24) is 40.5 Å². The number of imidazole rings is 3. The van der Waals surface area contributed by atoms with E-state index in [1.54, 1.807) is 6.33 Å². The van der Waals surface area contributed by atoms with Crippen molar-refractivity contribution in [3.63, 3.8) is 0 Å². The molecule has 5 aromatic rings. The number of hydrogen-bond donors (Lipinski definition) is 5. The molecule has 0 unspecified atom stereocenters. The Labute approximate surface area is 214 Å². The van der Waals surface area contributed by atoms with Crippen molar-refractivity contribution in [3.05, 3.63) is 66.8 Å². The molecule has 2 aromatic carbocycles. The molecule has 2 saturated heterocycles. The van der Waals surface area contributed by atoms with E-state index in [1.807, 2.05) is 12.4 Å². The molecule has 2 aliphatic heterocycles. The highest BCUT2D eigenvalue weighted by Gasteiger charge is 2.46. The molecule has 0 spiro atoms. The van der Waals surface area contributed by atoms with Gasteiger partial charge >= 0.3 is 0 Å². The fourth-order valence-electron chi connectivity index (χ4n) is 6.31. The predicted octanol–water partition coefficient (Wildman–Crippen LogP) is 5.25. The summed E-state index contributed by atoms with van der Waals surface area (Å²) in [6.45, 7) is 2.23. The van der Waals surface area contributed by atoms with Gasteiger partial charge in [-0.25, -0.2) is 15.0 Å². The summed E-state index contributed by atoms with van der Waals surface area (Å²) in [7, 11) is 0. The smallest absolute Gasteiger partial charge is 0.123 e. The highest BCUT2D eigenvalue weighted by Crippen LogP contribution is 2.45. The number of aromatic nitrogens is 6. The number of piperidine rings is 1. The maximum atomic E-state index is 4.68. The van der Waals surface area contributed by atoms with Crippen LogP contribution in [-0.4, -0.2) is 42.0 Å². The molecule has 1 aliphatic carbocycles. The second-order valence-corrected chi connectivity index (χ2v) is 11.0. The van der Waals surface area contributed by atoms with Gasteiger partial charge in [-0.05, 0) is 55.7 Å². The Morgan fingerprint density at radius 3 is 2.27 bits per heavy atom. The molecule has 186 valence electrons. The minimum Gasteiger partial charge on any atom is -0.344 e. The second kappa shape index (κ2) is 8.13. The van der Waals surface area contributed by atoms with Crippen molar-refractivity contribution in [2.75, 3.05) is 0 Å². The molecule has 37 heavy (non-hydrogen) atoms. The highest BCUT2D eigenvalue weighted by molar-refractivity contribution is 6.00. The number of nitrogens with zero attached hydrogens (tertiary/aromatic N) is 3. The van der Waals surface area contributed by atoms with Gasteiger partial charge in [0.05, 0.1) is 53.2 Å². The third-order valence-electron chi connectivity index (χ3n) is 8.48. The first-order chi connectivity index (χ1) is 18.2. The number of fused-ring (bicyclic) bond motifs is 2. The summed E-state index contributed by atoms with van der Waals surface area (Å²) in [5, 5.41) is 7.28. The monoisotopic (exact) mass is 490 g/mol. The van der Waals surface area contributed by atoms with E-state index in [1.165, 1.54) is 19.3 Å².